The Labute approximate surface area is 102 Å². The molecule has 0 bridgehead atoms. The van der Waals surface area contributed by atoms with Crippen molar-refractivity contribution in [3.63, 3.8) is 0 Å². The fourth-order valence-corrected chi connectivity index (χ4v) is 1.92. The summed E-state index contributed by atoms with van der Waals surface area (Å²) in [6.07, 6.45) is 1.80. The maximum Gasteiger partial charge on any atom is 0.264 e. The maximum absolute atomic E-state index is 11.0. The van der Waals surface area contributed by atoms with E-state index in [0.29, 0.717) is 11.4 Å². The summed E-state index contributed by atoms with van der Waals surface area (Å²) < 4.78 is 1.67. The van der Waals surface area contributed by atoms with E-state index in [0.717, 1.165) is 11.1 Å². The molecule has 3 aromatic rings. The Kier molecular flexibility index (Phi) is 2.42. The lowest BCUT2D eigenvalue weighted by molar-refractivity contribution is 0.277. The second kappa shape index (κ2) is 4.08. The van der Waals surface area contributed by atoms with Crippen LogP contribution in [0.1, 0.15) is 5.69 Å². The first-order valence-electron chi connectivity index (χ1n) is 5.43. The quantitative estimate of drug-likeness (QED) is 0.688. The summed E-state index contributed by atoms with van der Waals surface area (Å²) in [5, 5.41) is 20.0. The van der Waals surface area contributed by atoms with Gasteiger partial charge in [0.15, 0.2) is 0 Å². The molecule has 0 atom stereocenters. The van der Waals surface area contributed by atoms with E-state index in [2.05, 4.69) is 15.3 Å². The van der Waals surface area contributed by atoms with Crippen molar-refractivity contribution in [2.45, 2.75) is 6.61 Å². The fraction of sp³-hybridized carbons (Fsp3) is 0.0833. The molecular formula is C12H10N4O2. The normalized spacial score (nSPS) is 10.9. The first-order chi connectivity index (χ1) is 8.79. The van der Waals surface area contributed by atoms with Crippen molar-refractivity contribution in [2.75, 3.05) is 0 Å². The molecule has 0 aliphatic carbocycles. The van der Waals surface area contributed by atoms with Crippen LogP contribution in [0.25, 0.3) is 16.8 Å². The highest BCUT2D eigenvalue weighted by atomic mass is 16.3. The zero-order valence-corrected chi connectivity index (χ0v) is 9.37. The lowest BCUT2D eigenvalue weighted by Gasteiger charge is -1.99. The van der Waals surface area contributed by atoms with Crippen LogP contribution in [0, 0.1) is 0 Å². The molecule has 0 radical (unpaired) electrons. The van der Waals surface area contributed by atoms with Gasteiger partial charge < -0.3 is 5.11 Å². The Hall–Kier alpha value is -2.47. The zero-order valence-electron chi connectivity index (χ0n) is 9.37. The molecule has 0 spiro atoms. The highest BCUT2D eigenvalue weighted by molar-refractivity contribution is 5.80. The van der Waals surface area contributed by atoms with Gasteiger partial charge in [-0.15, -0.1) is 0 Å². The van der Waals surface area contributed by atoms with Crippen molar-refractivity contribution in [2.24, 2.45) is 0 Å². The summed E-state index contributed by atoms with van der Waals surface area (Å²) in [5.41, 5.74) is 2.41. The molecule has 6 heteroatoms. The van der Waals surface area contributed by atoms with E-state index in [4.69, 9.17) is 0 Å². The molecule has 0 saturated carbocycles. The number of nitrogens with one attached hydrogen (secondary N) is 1. The maximum atomic E-state index is 11.0. The van der Waals surface area contributed by atoms with Gasteiger partial charge in [-0.1, -0.05) is 6.07 Å². The number of pyridine rings is 1. The van der Waals surface area contributed by atoms with Gasteiger partial charge in [-0.05, 0) is 18.2 Å². The van der Waals surface area contributed by atoms with Crippen LogP contribution >= 0.6 is 0 Å². The van der Waals surface area contributed by atoms with Gasteiger partial charge in [-0.2, -0.15) is 10.2 Å². The first-order valence-corrected chi connectivity index (χ1v) is 5.43. The average molecular weight is 242 g/mol. The molecule has 90 valence electrons. The predicted octanol–water partition coefficient (Wildman–Crippen LogP) is 0.577. The van der Waals surface area contributed by atoms with Gasteiger partial charge in [0.05, 0.1) is 29.1 Å². The van der Waals surface area contributed by atoms with Crippen molar-refractivity contribution in [1.29, 1.82) is 0 Å². The summed E-state index contributed by atoms with van der Waals surface area (Å²) in [6, 6.07) is 8.63. The molecule has 0 fully saturated rings. The monoisotopic (exact) mass is 242 g/mol. The molecule has 0 saturated heterocycles. The molecule has 3 heterocycles. The molecule has 0 aliphatic heterocycles. The van der Waals surface area contributed by atoms with E-state index >= 15 is 0 Å². The van der Waals surface area contributed by atoms with Gasteiger partial charge in [-0.3, -0.25) is 4.79 Å². The smallest absolute Gasteiger partial charge is 0.264 e. The lowest BCUT2D eigenvalue weighted by atomic mass is 10.1. The number of aromatic amines is 1. The number of aromatic nitrogens is 4. The minimum atomic E-state index is -0.263. The van der Waals surface area contributed by atoms with Gasteiger partial charge in [0.1, 0.15) is 0 Å². The average Bonchev–Trinajstić information content (AvgIpc) is 2.78. The van der Waals surface area contributed by atoms with E-state index in [1.165, 1.54) is 6.07 Å². The molecule has 3 rings (SSSR count). The van der Waals surface area contributed by atoms with Crippen molar-refractivity contribution in [1.82, 2.24) is 19.8 Å². The third kappa shape index (κ3) is 1.59. The number of aliphatic hydroxyl groups excluding tert-OH is 1. The van der Waals surface area contributed by atoms with Crippen molar-refractivity contribution in [3.8, 4) is 11.3 Å². The lowest BCUT2D eigenvalue weighted by Crippen LogP contribution is -2.06. The standard InChI is InChI=1S/C12H10N4O2/c17-7-9-12(8-4-5-11(18)14-13-8)10-3-1-2-6-16(10)15-9/h1-6,17H,7H2,(H,14,18). The highest BCUT2D eigenvalue weighted by Crippen LogP contribution is 2.25. The summed E-state index contributed by atoms with van der Waals surface area (Å²) >= 11 is 0. The van der Waals surface area contributed by atoms with Gasteiger partial charge in [0, 0.05) is 12.3 Å². The predicted molar refractivity (Wildman–Crippen MR) is 65.0 cm³/mol. The number of H-pyrrole nitrogens is 1. The summed E-state index contributed by atoms with van der Waals surface area (Å²) in [6.45, 7) is -0.183. The second-order valence-electron chi connectivity index (χ2n) is 3.82. The van der Waals surface area contributed by atoms with Gasteiger partial charge in [-0.25, -0.2) is 9.61 Å². The molecule has 0 aliphatic rings. The van der Waals surface area contributed by atoms with Crippen LogP contribution < -0.4 is 5.56 Å². The van der Waals surface area contributed by atoms with Gasteiger partial charge in [0.2, 0.25) is 0 Å². The van der Waals surface area contributed by atoms with E-state index in [1.54, 1.807) is 16.8 Å². The number of hydrogen-bond acceptors (Lipinski definition) is 4. The van der Waals surface area contributed by atoms with Crippen LogP contribution in [-0.4, -0.2) is 24.9 Å². The van der Waals surface area contributed by atoms with Crippen LogP contribution in [0.4, 0.5) is 0 Å². The fourth-order valence-electron chi connectivity index (χ4n) is 1.92. The number of aliphatic hydroxyl groups is 1. The Morgan fingerprint density at radius 3 is 2.89 bits per heavy atom. The number of fused-ring (bicyclic) bond motifs is 1. The number of nitrogens with zero attached hydrogens (tertiary/aromatic N) is 3. The molecule has 0 aromatic carbocycles. The summed E-state index contributed by atoms with van der Waals surface area (Å²) in [7, 11) is 0. The Bertz CT molecular complexity index is 740. The van der Waals surface area contributed by atoms with Crippen molar-refractivity contribution >= 4 is 5.52 Å². The zero-order chi connectivity index (χ0) is 12.5. The van der Waals surface area contributed by atoms with E-state index < -0.39 is 0 Å². The molecule has 0 unspecified atom stereocenters. The Balaban J connectivity index is 2.32. The first kappa shape index (κ1) is 10.7. The Morgan fingerprint density at radius 1 is 1.28 bits per heavy atom. The minimum absolute atomic E-state index is 0.183. The molecule has 2 N–H and O–H groups in total. The van der Waals surface area contributed by atoms with Crippen LogP contribution in [0.3, 0.4) is 0 Å². The third-order valence-corrected chi connectivity index (χ3v) is 2.70. The molecular weight excluding hydrogens is 232 g/mol. The Morgan fingerprint density at radius 2 is 2.17 bits per heavy atom. The molecule has 18 heavy (non-hydrogen) atoms. The van der Waals surface area contributed by atoms with E-state index in [1.807, 2.05) is 18.2 Å². The van der Waals surface area contributed by atoms with Crippen molar-refractivity contribution in [3.05, 3.63) is 52.6 Å². The topological polar surface area (TPSA) is 83.3 Å². The van der Waals surface area contributed by atoms with Crippen LogP contribution in [0.15, 0.2) is 41.3 Å². The minimum Gasteiger partial charge on any atom is -0.390 e. The second-order valence-corrected chi connectivity index (χ2v) is 3.82. The molecule has 6 nitrogen and oxygen atoms in total. The van der Waals surface area contributed by atoms with Gasteiger partial charge >= 0.3 is 0 Å². The molecule has 3 aromatic heterocycles. The summed E-state index contributed by atoms with van der Waals surface area (Å²) in [4.78, 5) is 11.0. The third-order valence-electron chi connectivity index (χ3n) is 2.70. The SMILES string of the molecule is O=c1ccc(-c2c(CO)nn3ccccc23)n[nH]1. The van der Waals surface area contributed by atoms with Crippen LogP contribution in [0.5, 0.6) is 0 Å². The summed E-state index contributed by atoms with van der Waals surface area (Å²) in [5.74, 6) is 0. The van der Waals surface area contributed by atoms with E-state index in [-0.39, 0.29) is 12.2 Å². The highest BCUT2D eigenvalue weighted by Gasteiger charge is 2.14. The number of hydrogen-bond donors (Lipinski definition) is 2. The van der Waals surface area contributed by atoms with Crippen LogP contribution in [0.2, 0.25) is 0 Å². The number of rotatable bonds is 2. The van der Waals surface area contributed by atoms with Gasteiger partial charge in [0.25, 0.3) is 5.56 Å². The largest absolute Gasteiger partial charge is 0.390 e. The van der Waals surface area contributed by atoms with Crippen molar-refractivity contribution < 1.29 is 5.11 Å². The molecule has 0 amide bonds. The van der Waals surface area contributed by atoms with Crippen LogP contribution in [-0.2, 0) is 6.61 Å². The van der Waals surface area contributed by atoms with E-state index in [9.17, 15) is 9.90 Å².